The third-order valence-electron chi connectivity index (χ3n) is 5.98. The Morgan fingerprint density at radius 2 is 1.95 bits per heavy atom. The Kier molecular flexibility index (Phi) is 9.35. The number of benzene rings is 2. The Morgan fingerprint density at radius 1 is 1.24 bits per heavy atom. The minimum Gasteiger partial charge on any atom is -0.388 e. The standard InChI is InChI=1S/C19H24F2N6O2.C7H5FO/c1-11(22)13-5-4-12(8-15(13)24-3)17-25-18(29-26-17)14-6-7-27(10-19(14,20)21)16(28)9-23-2;8-7-3-1-6(5-9)2-4-7/h4-5,8,14,22-24H,6-7,9-10H2,1-3H3;1-5H. The molecule has 3 aromatic rings. The van der Waals surface area contributed by atoms with Crippen molar-refractivity contribution in [1.29, 1.82) is 5.41 Å². The molecule has 2 aromatic carbocycles. The molecule has 1 aliphatic rings. The number of amides is 1. The van der Waals surface area contributed by atoms with Gasteiger partial charge in [0.1, 0.15) is 18.0 Å². The summed E-state index contributed by atoms with van der Waals surface area (Å²) in [7, 11) is 3.33. The van der Waals surface area contributed by atoms with E-state index in [4.69, 9.17) is 9.93 Å². The van der Waals surface area contributed by atoms with E-state index in [0.29, 0.717) is 28.8 Å². The van der Waals surface area contributed by atoms with Crippen LogP contribution in [0.25, 0.3) is 11.4 Å². The number of carbonyl (C=O) groups excluding carboxylic acids is 2. The van der Waals surface area contributed by atoms with E-state index in [1.54, 1.807) is 39.2 Å². The van der Waals surface area contributed by atoms with Crippen molar-refractivity contribution in [1.82, 2.24) is 20.4 Å². The van der Waals surface area contributed by atoms with Crippen LogP contribution >= 0.6 is 0 Å². The van der Waals surface area contributed by atoms with Gasteiger partial charge in [0.2, 0.25) is 17.6 Å². The van der Waals surface area contributed by atoms with Gasteiger partial charge in [0.15, 0.2) is 0 Å². The van der Waals surface area contributed by atoms with E-state index in [9.17, 15) is 22.8 Å². The molecular formula is C26H29F3N6O3. The molecule has 1 fully saturated rings. The molecule has 0 spiro atoms. The van der Waals surface area contributed by atoms with Crippen LogP contribution < -0.4 is 10.6 Å². The summed E-state index contributed by atoms with van der Waals surface area (Å²) in [6, 6.07) is 10.6. The van der Waals surface area contributed by atoms with Gasteiger partial charge < -0.3 is 25.5 Å². The number of rotatable bonds is 7. The number of alkyl halides is 2. The van der Waals surface area contributed by atoms with E-state index in [1.165, 1.54) is 24.3 Å². The number of aromatic nitrogens is 2. The van der Waals surface area contributed by atoms with Crippen molar-refractivity contribution in [2.45, 2.75) is 25.2 Å². The first-order valence-electron chi connectivity index (χ1n) is 11.8. The monoisotopic (exact) mass is 530 g/mol. The molecule has 9 nitrogen and oxygen atoms in total. The lowest BCUT2D eigenvalue weighted by atomic mass is 9.92. The highest BCUT2D eigenvalue weighted by molar-refractivity contribution is 6.02. The molecule has 2 heterocycles. The average Bonchev–Trinajstić information content (AvgIpc) is 3.38. The number of hydrogen-bond donors (Lipinski definition) is 3. The van der Waals surface area contributed by atoms with E-state index >= 15 is 0 Å². The smallest absolute Gasteiger partial charge is 0.276 e. The predicted octanol–water partition coefficient (Wildman–Crippen LogP) is 3.97. The highest BCUT2D eigenvalue weighted by atomic mass is 19.3. The zero-order valence-corrected chi connectivity index (χ0v) is 21.2. The van der Waals surface area contributed by atoms with Crippen LogP contribution in [0.2, 0.25) is 0 Å². The number of likely N-dealkylation sites (N-methyl/N-ethyl adjacent to an activating group) is 1. The highest BCUT2D eigenvalue weighted by Crippen LogP contribution is 2.40. The molecule has 1 atom stereocenters. The van der Waals surface area contributed by atoms with Crippen molar-refractivity contribution in [2.24, 2.45) is 0 Å². The lowest BCUT2D eigenvalue weighted by Crippen LogP contribution is -2.51. The van der Waals surface area contributed by atoms with Crippen molar-refractivity contribution in [2.75, 3.05) is 39.0 Å². The third kappa shape index (κ3) is 6.82. The fourth-order valence-electron chi connectivity index (χ4n) is 3.97. The first kappa shape index (κ1) is 28.5. The number of nitrogens with one attached hydrogen (secondary N) is 3. The topological polar surface area (TPSA) is 124 Å². The van der Waals surface area contributed by atoms with Crippen LogP contribution in [-0.4, -0.2) is 72.6 Å². The normalized spacial score (nSPS) is 16.3. The summed E-state index contributed by atoms with van der Waals surface area (Å²) in [5.74, 6) is -5.02. The second-order valence-electron chi connectivity index (χ2n) is 8.71. The third-order valence-corrected chi connectivity index (χ3v) is 5.98. The molecule has 3 N–H and O–H groups in total. The maximum absolute atomic E-state index is 14.7. The fourth-order valence-corrected chi connectivity index (χ4v) is 3.97. The summed E-state index contributed by atoms with van der Waals surface area (Å²) in [6.45, 7) is 1.23. The van der Waals surface area contributed by atoms with Crippen molar-refractivity contribution >= 4 is 23.6 Å². The molecule has 0 saturated carbocycles. The Balaban J connectivity index is 0.000000375. The van der Waals surface area contributed by atoms with Crippen LogP contribution in [0, 0.1) is 11.2 Å². The second kappa shape index (κ2) is 12.5. The Labute approximate surface area is 217 Å². The van der Waals surface area contributed by atoms with Crippen LogP contribution in [0.1, 0.15) is 41.1 Å². The minimum absolute atomic E-state index is 0.0183. The van der Waals surface area contributed by atoms with Gasteiger partial charge in [0.25, 0.3) is 5.92 Å². The molecular weight excluding hydrogens is 501 g/mol. The highest BCUT2D eigenvalue weighted by Gasteiger charge is 2.49. The van der Waals surface area contributed by atoms with Gasteiger partial charge in [-0.15, -0.1) is 0 Å². The number of nitrogens with zero attached hydrogens (tertiary/aromatic N) is 3. The van der Waals surface area contributed by atoms with E-state index in [1.807, 2.05) is 0 Å². The van der Waals surface area contributed by atoms with E-state index < -0.39 is 18.4 Å². The maximum atomic E-state index is 14.7. The molecule has 0 aliphatic carbocycles. The zero-order chi connectivity index (χ0) is 27.9. The van der Waals surface area contributed by atoms with Crippen LogP contribution in [-0.2, 0) is 4.79 Å². The van der Waals surface area contributed by atoms with E-state index in [-0.39, 0.29) is 42.9 Å². The van der Waals surface area contributed by atoms with Crippen LogP contribution in [0.3, 0.4) is 0 Å². The summed E-state index contributed by atoms with van der Waals surface area (Å²) in [5, 5.41) is 17.4. The Hall–Kier alpha value is -4.06. The summed E-state index contributed by atoms with van der Waals surface area (Å²) < 4.78 is 46.7. The molecule has 0 radical (unpaired) electrons. The van der Waals surface area contributed by atoms with Gasteiger partial charge in [0, 0.05) is 41.7 Å². The van der Waals surface area contributed by atoms with Gasteiger partial charge in [-0.25, -0.2) is 13.2 Å². The van der Waals surface area contributed by atoms with E-state index in [0.717, 1.165) is 10.5 Å². The summed E-state index contributed by atoms with van der Waals surface area (Å²) in [5.41, 5.74) is 2.93. The van der Waals surface area contributed by atoms with Crippen molar-refractivity contribution in [3.63, 3.8) is 0 Å². The molecule has 38 heavy (non-hydrogen) atoms. The molecule has 1 unspecified atom stereocenters. The number of likely N-dealkylation sites (tertiary alicyclic amines) is 1. The lowest BCUT2D eigenvalue weighted by molar-refractivity contribution is -0.144. The molecule has 12 heteroatoms. The molecule has 4 rings (SSSR count). The quantitative estimate of drug-likeness (QED) is 0.312. The predicted molar refractivity (Wildman–Crippen MR) is 136 cm³/mol. The van der Waals surface area contributed by atoms with Crippen LogP contribution in [0.5, 0.6) is 0 Å². The van der Waals surface area contributed by atoms with Gasteiger partial charge >= 0.3 is 0 Å². The number of aldehydes is 1. The number of carbonyl (C=O) groups is 2. The number of hydrogen-bond acceptors (Lipinski definition) is 8. The molecule has 1 amide bonds. The fraction of sp³-hybridized carbons (Fsp3) is 0.346. The van der Waals surface area contributed by atoms with Gasteiger partial charge in [-0.3, -0.25) is 9.59 Å². The zero-order valence-electron chi connectivity index (χ0n) is 21.2. The van der Waals surface area contributed by atoms with Gasteiger partial charge in [-0.2, -0.15) is 4.98 Å². The molecule has 202 valence electrons. The average molecular weight is 531 g/mol. The van der Waals surface area contributed by atoms with Crippen molar-refractivity contribution in [3.05, 3.63) is 65.3 Å². The molecule has 1 aliphatic heterocycles. The number of piperidine rings is 1. The first-order chi connectivity index (χ1) is 18.1. The largest absolute Gasteiger partial charge is 0.388 e. The summed E-state index contributed by atoms with van der Waals surface area (Å²) in [4.78, 5) is 27.3. The summed E-state index contributed by atoms with van der Waals surface area (Å²) in [6.07, 6.45) is 0.719. The molecule has 1 saturated heterocycles. The SMILES string of the molecule is CNCC(=O)N1CCC(c2nc(-c3ccc(C(C)=N)c(NC)c3)no2)C(F)(F)C1.O=Cc1ccc(F)cc1. The first-order valence-corrected chi connectivity index (χ1v) is 11.8. The maximum Gasteiger partial charge on any atom is 0.276 e. The van der Waals surface area contributed by atoms with Crippen LogP contribution in [0.15, 0.2) is 47.0 Å². The van der Waals surface area contributed by atoms with Crippen molar-refractivity contribution in [3.8, 4) is 11.4 Å². The van der Waals surface area contributed by atoms with Crippen LogP contribution in [0.4, 0.5) is 18.9 Å². The molecule has 1 aromatic heterocycles. The Bertz CT molecular complexity index is 1280. The number of anilines is 1. The number of halogens is 3. The van der Waals surface area contributed by atoms with E-state index in [2.05, 4.69) is 20.8 Å². The Morgan fingerprint density at radius 3 is 2.53 bits per heavy atom. The van der Waals surface area contributed by atoms with Gasteiger partial charge in [0.05, 0.1) is 13.1 Å². The lowest BCUT2D eigenvalue weighted by Gasteiger charge is -2.36. The van der Waals surface area contributed by atoms with Crippen molar-refractivity contribution < 1.29 is 27.3 Å². The van der Waals surface area contributed by atoms with Gasteiger partial charge in [-0.05, 0) is 50.7 Å². The second-order valence-corrected chi connectivity index (χ2v) is 8.71. The minimum atomic E-state index is -3.16. The van der Waals surface area contributed by atoms with Gasteiger partial charge in [-0.1, -0.05) is 17.3 Å². The summed E-state index contributed by atoms with van der Waals surface area (Å²) >= 11 is 0. The molecule has 0 bridgehead atoms.